The quantitative estimate of drug-likeness (QED) is 0.473. The fourth-order valence-corrected chi connectivity index (χ4v) is 2.37. The van der Waals surface area contributed by atoms with E-state index in [0.29, 0.717) is 0 Å². The van der Waals surface area contributed by atoms with Crippen molar-refractivity contribution in [2.45, 2.75) is 0 Å². The molecule has 1 heterocycles. The van der Waals surface area contributed by atoms with Crippen molar-refractivity contribution in [3.05, 3.63) is 88.2 Å². The number of halogens is 2. The van der Waals surface area contributed by atoms with E-state index in [0.717, 1.165) is 0 Å². The van der Waals surface area contributed by atoms with Crippen LogP contribution in [0.1, 0.15) is 21.0 Å². The number of pyridine rings is 1. The molecule has 0 aliphatic rings. The first-order valence-electron chi connectivity index (χ1n) is 7.45. The summed E-state index contributed by atoms with van der Waals surface area (Å²) in [6.45, 7) is 0. The lowest BCUT2D eigenvalue weighted by Crippen LogP contribution is -2.16. The van der Waals surface area contributed by atoms with E-state index >= 15 is 0 Å². The summed E-state index contributed by atoms with van der Waals surface area (Å²) in [5, 5.41) is 0.574. The van der Waals surface area contributed by atoms with E-state index in [2.05, 4.69) is 4.98 Å². The van der Waals surface area contributed by atoms with Crippen molar-refractivity contribution in [3.8, 4) is 11.5 Å². The lowest BCUT2D eigenvalue weighted by Gasteiger charge is -2.07. The number of rotatable bonds is 4. The van der Waals surface area contributed by atoms with E-state index in [9.17, 15) is 9.59 Å². The Hall–Kier alpha value is -2.89. The van der Waals surface area contributed by atoms with Crippen molar-refractivity contribution in [1.82, 2.24) is 4.98 Å². The molecule has 26 heavy (non-hydrogen) atoms. The number of hydrogen-bond acceptors (Lipinski definition) is 5. The summed E-state index contributed by atoms with van der Waals surface area (Å²) in [7, 11) is 0. The maximum Gasteiger partial charge on any atom is 0.362 e. The minimum absolute atomic E-state index is 0.0569. The molecule has 7 heteroatoms. The van der Waals surface area contributed by atoms with Crippen LogP contribution in [0.15, 0.2) is 66.7 Å². The number of esters is 2. The molecule has 0 unspecified atom stereocenters. The number of para-hydroxylation sites is 2. The van der Waals surface area contributed by atoms with E-state index in [1.54, 1.807) is 48.5 Å². The zero-order chi connectivity index (χ0) is 18.5. The SMILES string of the molecule is O=C(Oc1ccccc1Cl)c1cccc(C(=O)Oc2ccccc2Cl)n1. The van der Waals surface area contributed by atoms with Gasteiger partial charge in [-0.3, -0.25) is 0 Å². The molecule has 0 amide bonds. The van der Waals surface area contributed by atoms with Crippen LogP contribution in [0.5, 0.6) is 11.5 Å². The van der Waals surface area contributed by atoms with E-state index in [1.807, 2.05) is 0 Å². The van der Waals surface area contributed by atoms with Gasteiger partial charge in [-0.15, -0.1) is 0 Å². The van der Waals surface area contributed by atoms with Crippen molar-refractivity contribution < 1.29 is 19.1 Å². The predicted molar refractivity (Wildman–Crippen MR) is 97.1 cm³/mol. The number of carbonyl (C=O) groups excluding carboxylic acids is 2. The Morgan fingerprint density at radius 1 is 0.654 bits per heavy atom. The van der Waals surface area contributed by atoms with E-state index in [4.69, 9.17) is 32.7 Å². The number of hydrogen-bond donors (Lipinski definition) is 0. The Morgan fingerprint density at radius 3 is 1.50 bits per heavy atom. The van der Waals surface area contributed by atoms with Crippen LogP contribution in [0, 0.1) is 0 Å². The van der Waals surface area contributed by atoms with Gasteiger partial charge in [-0.25, -0.2) is 14.6 Å². The van der Waals surface area contributed by atoms with Crippen LogP contribution < -0.4 is 9.47 Å². The summed E-state index contributed by atoms with van der Waals surface area (Å²) in [4.78, 5) is 28.5. The number of benzene rings is 2. The third-order valence-electron chi connectivity index (χ3n) is 3.25. The van der Waals surface area contributed by atoms with Crippen molar-refractivity contribution in [1.29, 1.82) is 0 Å². The summed E-state index contributed by atoms with van der Waals surface area (Å²) in [5.74, 6) is -1.09. The molecule has 0 saturated heterocycles. The second-order valence-corrected chi connectivity index (χ2v) is 5.86. The van der Waals surface area contributed by atoms with Gasteiger partial charge in [-0.1, -0.05) is 53.5 Å². The molecule has 0 saturated carbocycles. The van der Waals surface area contributed by atoms with E-state index in [1.165, 1.54) is 18.2 Å². The molecule has 0 radical (unpaired) electrons. The highest BCUT2D eigenvalue weighted by Gasteiger charge is 2.17. The summed E-state index contributed by atoms with van der Waals surface area (Å²) in [5.41, 5.74) is -0.114. The highest BCUT2D eigenvalue weighted by Crippen LogP contribution is 2.25. The van der Waals surface area contributed by atoms with Crippen LogP contribution in [0.3, 0.4) is 0 Å². The summed E-state index contributed by atoms with van der Waals surface area (Å²) >= 11 is 11.9. The summed E-state index contributed by atoms with van der Waals surface area (Å²) in [6.07, 6.45) is 0. The van der Waals surface area contributed by atoms with Crippen LogP contribution in [-0.4, -0.2) is 16.9 Å². The monoisotopic (exact) mass is 387 g/mol. The number of aromatic nitrogens is 1. The van der Waals surface area contributed by atoms with Gasteiger partial charge in [0.1, 0.15) is 22.9 Å². The molecule has 1 aromatic heterocycles. The predicted octanol–water partition coefficient (Wildman–Crippen LogP) is 4.83. The summed E-state index contributed by atoms with van der Waals surface area (Å²) < 4.78 is 10.4. The van der Waals surface area contributed by atoms with E-state index < -0.39 is 11.9 Å². The van der Waals surface area contributed by atoms with Crippen LogP contribution >= 0.6 is 23.2 Å². The maximum atomic E-state index is 12.2. The van der Waals surface area contributed by atoms with Crippen LogP contribution in [0.25, 0.3) is 0 Å². The fourth-order valence-electron chi connectivity index (χ4n) is 2.02. The topological polar surface area (TPSA) is 65.5 Å². The second-order valence-electron chi connectivity index (χ2n) is 5.05. The van der Waals surface area contributed by atoms with Crippen molar-refractivity contribution in [2.24, 2.45) is 0 Å². The maximum absolute atomic E-state index is 12.2. The molecular weight excluding hydrogens is 377 g/mol. The molecule has 0 aliphatic carbocycles. The largest absolute Gasteiger partial charge is 0.420 e. The average Bonchev–Trinajstić information content (AvgIpc) is 2.65. The standard InChI is InChI=1S/C19H11Cl2NO4/c20-12-6-1-3-10-16(12)25-18(23)14-8-5-9-15(22-14)19(24)26-17-11-4-2-7-13(17)21/h1-11H. The highest BCUT2D eigenvalue weighted by molar-refractivity contribution is 6.32. The molecule has 0 fully saturated rings. The van der Waals surface area contributed by atoms with Gasteiger partial charge >= 0.3 is 11.9 Å². The molecule has 0 aliphatic heterocycles. The highest BCUT2D eigenvalue weighted by atomic mass is 35.5. The van der Waals surface area contributed by atoms with Gasteiger partial charge in [0.05, 0.1) is 10.0 Å². The molecule has 0 bridgehead atoms. The van der Waals surface area contributed by atoms with Gasteiger partial charge in [-0.05, 0) is 36.4 Å². The van der Waals surface area contributed by atoms with Gasteiger partial charge in [0, 0.05) is 0 Å². The number of carbonyl (C=O) groups is 2. The Bertz CT molecular complexity index is 900. The normalized spacial score (nSPS) is 10.2. The molecule has 0 N–H and O–H groups in total. The van der Waals surface area contributed by atoms with Gasteiger partial charge in [0.2, 0.25) is 0 Å². The Labute approximate surface area is 159 Å². The van der Waals surface area contributed by atoms with Crippen LogP contribution in [0.2, 0.25) is 10.0 Å². The third kappa shape index (κ3) is 4.20. The van der Waals surface area contributed by atoms with Gasteiger partial charge in [0.25, 0.3) is 0 Å². The fraction of sp³-hybridized carbons (Fsp3) is 0. The Kier molecular flexibility index (Phi) is 5.51. The first-order chi connectivity index (χ1) is 12.5. The minimum Gasteiger partial charge on any atom is -0.420 e. The molecule has 3 aromatic rings. The van der Waals surface area contributed by atoms with Crippen molar-refractivity contribution in [2.75, 3.05) is 0 Å². The average molecular weight is 388 g/mol. The minimum atomic E-state index is -0.745. The summed E-state index contributed by atoms with van der Waals surface area (Å²) in [6, 6.07) is 17.4. The zero-order valence-corrected chi connectivity index (χ0v) is 14.7. The first-order valence-corrected chi connectivity index (χ1v) is 8.20. The molecule has 130 valence electrons. The van der Waals surface area contributed by atoms with Crippen molar-refractivity contribution in [3.63, 3.8) is 0 Å². The number of ether oxygens (including phenoxy) is 2. The third-order valence-corrected chi connectivity index (χ3v) is 3.87. The van der Waals surface area contributed by atoms with Gasteiger partial charge < -0.3 is 9.47 Å². The molecular formula is C19H11Cl2NO4. The first kappa shape index (κ1) is 17.9. The van der Waals surface area contributed by atoms with Gasteiger partial charge in [0.15, 0.2) is 0 Å². The molecule has 2 aromatic carbocycles. The Morgan fingerprint density at radius 2 is 1.08 bits per heavy atom. The Balaban J connectivity index is 1.77. The van der Waals surface area contributed by atoms with Crippen LogP contribution in [0.4, 0.5) is 0 Å². The van der Waals surface area contributed by atoms with Crippen LogP contribution in [-0.2, 0) is 0 Å². The second kappa shape index (κ2) is 7.99. The zero-order valence-electron chi connectivity index (χ0n) is 13.2. The molecule has 0 atom stereocenters. The molecule has 0 spiro atoms. The molecule has 5 nitrogen and oxygen atoms in total. The van der Waals surface area contributed by atoms with Gasteiger partial charge in [-0.2, -0.15) is 0 Å². The number of nitrogens with zero attached hydrogens (tertiary/aromatic N) is 1. The van der Waals surface area contributed by atoms with E-state index in [-0.39, 0.29) is 32.9 Å². The lowest BCUT2D eigenvalue weighted by molar-refractivity contribution is 0.0722. The van der Waals surface area contributed by atoms with Crippen molar-refractivity contribution >= 4 is 35.1 Å². The lowest BCUT2D eigenvalue weighted by atomic mass is 10.3. The smallest absolute Gasteiger partial charge is 0.362 e. The molecule has 3 rings (SSSR count).